The smallest absolute Gasteiger partial charge is 0.331 e. The molecule has 22 heavy (non-hydrogen) atoms. The summed E-state index contributed by atoms with van der Waals surface area (Å²) in [5.74, 6) is -1.09. The van der Waals surface area contributed by atoms with Crippen LogP contribution in [0.3, 0.4) is 0 Å². The van der Waals surface area contributed by atoms with Crippen molar-refractivity contribution in [2.75, 3.05) is 20.3 Å². The van der Waals surface area contributed by atoms with Gasteiger partial charge in [0.2, 0.25) is 5.91 Å². The zero-order valence-corrected chi connectivity index (χ0v) is 13.1. The molecule has 1 fully saturated rings. The second-order valence-electron chi connectivity index (χ2n) is 6.07. The number of likely N-dealkylation sites (tertiary alicyclic amines) is 1. The number of nitrogens with zero attached hydrogens (tertiary/aromatic N) is 1. The fourth-order valence-corrected chi connectivity index (χ4v) is 3.52. The molecule has 4 N–H and O–H groups in total. The van der Waals surface area contributed by atoms with E-state index < -0.39 is 12.0 Å². The number of carbonyl (C=O) groups is 2. The SMILES string of the molecule is COC[C@@H]1CCCN1[C@@H]1C=C(C(=O)O)C[C@H](N)[C@H]1NC(C)=O. The molecule has 2 rings (SSSR count). The second-order valence-corrected chi connectivity index (χ2v) is 6.07. The molecule has 4 atom stereocenters. The van der Waals surface area contributed by atoms with E-state index in [0.717, 1.165) is 19.4 Å². The number of nitrogens with two attached hydrogens (primary N) is 1. The Bertz CT molecular complexity index is 466. The third-order valence-electron chi connectivity index (χ3n) is 4.47. The van der Waals surface area contributed by atoms with Crippen LogP contribution in [-0.2, 0) is 14.3 Å². The van der Waals surface area contributed by atoms with Crippen molar-refractivity contribution in [3.05, 3.63) is 11.6 Å². The molecule has 1 heterocycles. The molecule has 0 bridgehead atoms. The highest BCUT2D eigenvalue weighted by Crippen LogP contribution is 2.28. The number of ether oxygens (including phenoxy) is 1. The first kappa shape index (κ1) is 16.9. The van der Waals surface area contributed by atoms with Crippen LogP contribution >= 0.6 is 0 Å². The molecule has 0 spiro atoms. The number of hydrogen-bond donors (Lipinski definition) is 3. The molecule has 7 heteroatoms. The van der Waals surface area contributed by atoms with Crippen molar-refractivity contribution in [3.63, 3.8) is 0 Å². The van der Waals surface area contributed by atoms with Gasteiger partial charge in [0.25, 0.3) is 0 Å². The molecular weight excluding hydrogens is 286 g/mol. The molecule has 0 saturated carbocycles. The number of hydrogen-bond acceptors (Lipinski definition) is 5. The number of carboxylic acid groups (broad SMARTS) is 1. The van der Waals surface area contributed by atoms with Gasteiger partial charge in [0.1, 0.15) is 0 Å². The highest BCUT2D eigenvalue weighted by molar-refractivity contribution is 5.87. The number of rotatable bonds is 5. The third-order valence-corrected chi connectivity index (χ3v) is 4.47. The fourth-order valence-electron chi connectivity index (χ4n) is 3.52. The van der Waals surface area contributed by atoms with Crippen LogP contribution < -0.4 is 11.1 Å². The van der Waals surface area contributed by atoms with Gasteiger partial charge in [-0.25, -0.2) is 4.79 Å². The fraction of sp³-hybridized carbons (Fsp3) is 0.733. The van der Waals surface area contributed by atoms with E-state index in [9.17, 15) is 14.7 Å². The largest absolute Gasteiger partial charge is 0.478 e. The molecule has 1 saturated heterocycles. The Morgan fingerprint density at radius 3 is 2.86 bits per heavy atom. The normalized spacial score (nSPS) is 32.6. The summed E-state index contributed by atoms with van der Waals surface area (Å²) in [5, 5.41) is 12.2. The van der Waals surface area contributed by atoms with Crippen molar-refractivity contribution >= 4 is 11.9 Å². The molecule has 0 radical (unpaired) electrons. The summed E-state index contributed by atoms with van der Waals surface area (Å²) >= 11 is 0. The summed E-state index contributed by atoms with van der Waals surface area (Å²) < 4.78 is 5.27. The molecular formula is C15H25N3O4. The number of amides is 1. The summed E-state index contributed by atoms with van der Waals surface area (Å²) in [7, 11) is 1.66. The maximum Gasteiger partial charge on any atom is 0.331 e. The summed E-state index contributed by atoms with van der Waals surface area (Å²) in [5.41, 5.74) is 6.48. The van der Waals surface area contributed by atoms with E-state index in [1.807, 2.05) is 0 Å². The van der Waals surface area contributed by atoms with E-state index in [-0.39, 0.29) is 30.5 Å². The average Bonchev–Trinajstić information content (AvgIpc) is 2.88. The van der Waals surface area contributed by atoms with Crippen LogP contribution in [0.2, 0.25) is 0 Å². The van der Waals surface area contributed by atoms with Crippen molar-refractivity contribution in [2.45, 2.75) is 50.4 Å². The van der Waals surface area contributed by atoms with Crippen molar-refractivity contribution in [2.24, 2.45) is 5.73 Å². The predicted molar refractivity (Wildman–Crippen MR) is 81.3 cm³/mol. The van der Waals surface area contributed by atoms with Crippen LogP contribution in [0.1, 0.15) is 26.2 Å². The Morgan fingerprint density at radius 2 is 2.27 bits per heavy atom. The Kier molecular flexibility index (Phi) is 5.55. The lowest BCUT2D eigenvalue weighted by molar-refractivity contribution is -0.133. The van der Waals surface area contributed by atoms with Crippen molar-refractivity contribution in [3.8, 4) is 0 Å². The van der Waals surface area contributed by atoms with Gasteiger partial charge < -0.3 is 20.9 Å². The number of methoxy groups -OCH3 is 1. The summed E-state index contributed by atoms with van der Waals surface area (Å²) in [6.45, 7) is 2.90. The van der Waals surface area contributed by atoms with E-state index in [1.165, 1.54) is 6.92 Å². The van der Waals surface area contributed by atoms with Crippen LogP contribution in [0.4, 0.5) is 0 Å². The van der Waals surface area contributed by atoms with Crippen LogP contribution in [-0.4, -0.2) is 66.3 Å². The first-order valence-electron chi connectivity index (χ1n) is 7.65. The summed E-state index contributed by atoms with van der Waals surface area (Å²) in [6.07, 6.45) is 4.05. The topological polar surface area (TPSA) is 105 Å². The molecule has 1 aliphatic heterocycles. The van der Waals surface area contributed by atoms with Gasteiger partial charge in [-0.2, -0.15) is 0 Å². The van der Waals surface area contributed by atoms with Gasteiger partial charge in [0, 0.05) is 31.7 Å². The Morgan fingerprint density at radius 1 is 1.55 bits per heavy atom. The van der Waals surface area contributed by atoms with Gasteiger partial charge in [-0.3, -0.25) is 9.69 Å². The number of carbonyl (C=O) groups excluding carboxylic acids is 1. The molecule has 2 aliphatic rings. The lowest BCUT2D eigenvalue weighted by Crippen LogP contribution is -2.61. The van der Waals surface area contributed by atoms with Gasteiger partial charge in [-0.15, -0.1) is 0 Å². The average molecular weight is 311 g/mol. The molecule has 124 valence electrons. The zero-order chi connectivity index (χ0) is 16.3. The van der Waals surface area contributed by atoms with Crippen LogP contribution in [0.15, 0.2) is 11.6 Å². The lowest BCUT2D eigenvalue weighted by atomic mass is 9.85. The summed E-state index contributed by atoms with van der Waals surface area (Å²) in [4.78, 5) is 25.1. The van der Waals surface area contributed by atoms with Crippen LogP contribution in [0.25, 0.3) is 0 Å². The number of aliphatic carboxylic acids is 1. The predicted octanol–water partition coefficient (Wildman–Crippen LogP) is -0.287. The first-order valence-corrected chi connectivity index (χ1v) is 7.65. The lowest BCUT2D eigenvalue weighted by Gasteiger charge is -2.41. The quantitative estimate of drug-likeness (QED) is 0.644. The second kappa shape index (κ2) is 7.21. The zero-order valence-electron chi connectivity index (χ0n) is 13.1. The van der Waals surface area contributed by atoms with Crippen LogP contribution in [0, 0.1) is 0 Å². The van der Waals surface area contributed by atoms with E-state index in [4.69, 9.17) is 10.5 Å². The minimum Gasteiger partial charge on any atom is -0.478 e. The number of nitrogens with one attached hydrogen (secondary N) is 1. The Labute approximate surface area is 130 Å². The van der Waals surface area contributed by atoms with E-state index >= 15 is 0 Å². The monoisotopic (exact) mass is 311 g/mol. The van der Waals surface area contributed by atoms with Gasteiger partial charge in [0.05, 0.1) is 18.7 Å². The number of carboxylic acids is 1. The van der Waals surface area contributed by atoms with E-state index in [2.05, 4.69) is 10.2 Å². The maximum atomic E-state index is 11.5. The molecule has 0 unspecified atom stereocenters. The van der Waals surface area contributed by atoms with Gasteiger partial charge >= 0.3 is 5.97 Å². The highest BCUT2D eigenvalue weighted by atomic mass is 16.5. The summed E-state index contributed by atoms with van der Waals surface area (Å²) in [6, 6.07) is -0.670. The Hall–Kier alpha value is -1.44. The molecule has 1 aliphatic carbocycles. The molecule has 0 aromatic rings. The minimum atomic E-state index is -0.941. The highest BCUT2D eigenvalue weighted by Gasteiger charge is 2.40. The molecule has 0 aromatic heterocycles. The van der Waals surface area contributed by atoms with E-state index in [1.54, 1.807) is 13.2 Å². The third kappa shape index (κ3) is 3.66. The molecule has 0 aromatic carbocycles. The van der Waals surface area contributed by atoms with Gasteiger partial charge in [-0.05, 0) is 25.8 Å². The standard InChI is InChI=1S/C15H25N3O4/c1-9(19)17-14-12(16)6-10(15(20)21)7-13(14)18-5-3-4-11(18)8-22-2/h7,11-14H,3-6,8,16H2,1-2H3,(H,17,19)(H,20,21)/t11-,12-,13+,14+/m0/s1. The van der Waals surface area contributed by atoms with Gasteiger partial charge in [0.15, 0.2) is 0 Å². The van der Waals surface area contributed by atoms with Crippen LogP contribution in [0.5, 0.6) is 0 Å². The molecule has 7 nitrogen and oxygen atoms in total. The van der Waals surface area contributed by atoms with Gasteiger partial charge in [-0.1, -0.05) is 6.08 Å². The Balaban J connectivity index is 2.29. The molecule has 1 amide bonds. The van der Waals surface area contributed by atoms with E-state index in [0.29, 0.717) is 12.2 Å². The minimum absolute atomic E-state index is 0.153. The van der Waals surface area contributed by atoms with Crippen molar-refractivity contribution in [1.82, 2.24) is 10.2 Å². The van der Waals surface area contributed by atoms with Crippen molar-refractivity contribution < 1.29 is 19.4 Å². The maximum absolute atomic E-state index is 11.5. The first-order chi connectivity index (χ1) is 10.4. The van der Waals surface area contributed by atoms with Crippen molar-refractivity contribution in [1.29, 1.82) is 0 Å².